The fourth-order valence-corrected chi connectivity index (χ4v) is 1.20. The van der Waals surface area contributed by atoms with Crippen LogP contribution in [0.25, 0.3) is 5.78 Å². The minimum atomic E-state index is -0.960. The summed E-state index contributed by atoms with van der Waals surface area (Å²) in [5, 5.41) is 8.71. The van der Waals surface area contributed by atoms with E-state index in [2.05, 4.69) is 9.97 Å². The molecule has 2 heterocycles. The normalized spacial score (nSPS) is 10.8. The second kappa shape index (κ2) is 2.10. The molecule has 0 aromatic carbocycles. The van der Waals surface area contributed by atoms with Crippen LogP contribution in [0.2, 0.25) is 0 Å². The van der Waals surface area contributed by atoms with Crippen molar-refractivity contribution >= 4 is 11.7 Å². The summed E-state index contributed by atoms with van der Waals surface area (Å²) in [6.07, 6.45) is 3.33. The number of imidazole rings is 2. The van der Waals surface area contributed by atoms with Crippen molar-refractivity contribution in [3.63, 3.8) is 0 Å². The summed E-state index contributed by atoms with van der Waals surface area (Å²) in [5.41, 5.74) is 0.855. The van der Waals surface area contributed by atoms with Crippen LogP contribution in [0.3, 0.4) is 0 Å². The number of aromatic amines is 1. The summed E-state index contributed by atoms with van der Waals surface area (Å²) in [4.78, 5) is 17.2. The zero-order valence-corrected chi connectivity index (χ0v) is 6.40. The van der Waals surface area contributed by atoms with Crippen LogP contribution in [0.1, 0.15) is 16.2 Å². The highest BCUT2D eigenvalue weighted by molar-refractivity contribution is 5.87. The molecular weight excluding hydrogens is 158 g/mol. The maximum absolute atomic E-state index is 10.6. The van der Waals surface area contributed by atoms with Crippen molar-refractivity contribution in [1.29, 1.82) is 0 Å². The van der Waals surface area contributed by atoms with E-state index in [0.717, 1.165) is 0 Å². The molecule has 12 heavy (non-hydrogen) atoms. The number of hydrogen-bond donors (Lipinski definition) is 2. The molecule has 62 valence electrons. The minimum Gasteiger partial charge on any atom is -0.477 e. The van der Waals surface area contributed by atoms with E-state index < -0.39 is 5.97 Å². The van der Waals surface area contributed by atoms with Crippen molar-refractivity contribution < 1.29 is 9.90 Å². The second-order valence-corrected chi connectivity index (χ2v) is 2.51. The van der Waals surface area contributed by atoms with E-state index in [9.17, 15) is 4.79 Å². The molecule has 0 aliphatic rings. The lowest BCUT2D eigenvalue weighted by Gasteiger charge is -1.89. The molecule has 0 aliphatic carbocycles. The fraction of sp³-hybridized carbons (Fsp3) is 0.143. The van der Waals surface area contributed by atoms with Crippen LogP contribution in [-0.4, -0.2) is 25.4 Å². The van der Waals surface area contributed by atoms with Crippen LogP contribution in [0.4, 0.5) is 0 Å². The SMILES string of the molecule is Cc1c(C(=O)O)[nH]c2nccn12. The van der Waals surface area contributed by atoms with Gasteiger partial charge >= 0.3 is 5.97 Å². The number of fused-ring (bicyclic) bond motifs is 1. The molecule has 5 heteroatoms. The van der Waals surface area contributed by atoms with Crippen LogP contribution >= 0.6 is 0 Å². The Hall–Kier alpha value is -1.78. The number of nitrogens with zero attached hydrogens (tertiary/aromatic N) is 2. The van der Waals surface area contributed by atoms with Crippen LogP contribution in [-0.2, 0) is 0 Å². The molecule has 0 unspecified atom stereocenters. The Labute approximate surface area is 67.7 Å². The molecule has 2 rings (SSSR count). The first-order chi connectivity index (χ1) is 5.70. The highest BCUT2D eigenvalue weighted by atomic mass is 16.4. The number of carbonyl (C=O) groups is 1. The van der Waals surface area contributed by atoms with E-state index in [4.69, 9.17) is 5.11 Å². The first-order valence-electron chi connectivity index (χ1n) is 3.45. The number of carboxylic acid groups (broad SMARTS) is 1. The Bertz CT molecular complexity index is 440. The van der Waals surface area contributed by atoms with Crippen molar-refractivity contribution in [2.24, 2.45) is 0 Å². The minimum absolute atomic E-state index is 0.193. The molecule has 0 spiro atoms. The van der Waals surface area contributed by atoms with Crippen LogP contribution < -0.4 is 0 Å². The molecule has 0 bridgehead atoms. The first-order valence-corrected chi connectivity index (χ1v) is 3.45. The number of hydrogen-bond acceptors (Lipinski definition) is 2. The van der Waals surface area contributed by atoms with Gasteiger partial charge in [-0.2, -0.15) is 0 Å². The number of rotatable bonds is 1. The molecule has 2 aromatic heterocycles. The van der Waals surface area contributed by atoms with Gasteiger partial charge in [-0.1, -0.05) is 0 Å². The predicted octanol–water partition coefficient (Wildman–Crippen LogP) is 0.669. The second-order valence-electron chi connectivity index (χ2n) is 2.51. The van der Waals surface area contributed by atoms with E-state index in [1.807, 2.05) is 0 Å². The number of aromatic carboxylic acids is 1. The number of nitrogens with one attached hydrogen (secondary N) is 1. The van der Waals surface area contributed by atoms with Crippen molar-refractivity contribution in [1.82, 2.24) is 14.4 Å². The molecule has 0 amide bonds. The van der Waals surface area contributed by atoms with Gasteiger partial charge in [0.2, 0.25) is 5.78 Å². The maximum atomic E-state index is 10.6. The fourth-order valence-electron chi connectivity index (χ4n) is 1.20. The third-order valence-corrected chi connectivity index (χ3v) is 1.81. The third kappa shape index (κ3) is 0.730. The number of aromatic nitrogens is 3. The lowest BCUT2D eigenvalue weighted by atomic mass is 10.3. The molecule has 0 fully saturated rings. The highest BCUT2D eigenvalue weighted by Gasteiger charge is 2.12. The molecule has 5 nitrogen and oxygen atoms in total. The molecule has 0 atom stereocenters. The Morgan fingerprint density at radius 1 is 1.75 bits per heavy atom. The quantitative estimate of drug-likeness (QED) is 0.652. The molecule has 0 saturated heterocycles. The lowest BCUT2D eigenvalue weighted by Crippen LogP contribution is -1.99. The first kappa shape index (κ1) is 6.90. The Morgan fingerprint density at radius 3 is 3.08 bits per heavy atom. The Balaban J connectivity index is 2.78. The van der Waals surface area contributed by atoms with Gasteiger partial charge in [-0.25, -0.2) is 9.78 Å². The third-order valence-electron chi connectivity index (χ3n) is 1.81. The van der Waals surface area contributed by atoms with Crippen molar-refractivity contribution in [3.8, 4) is 0 Å². The van der Waals surface area contributed by atoms with Crippen LogP contribution in [0.15, 0.2) is 12.4 Å². The summed E-state index contributed by atoms with van der Waals surface area (Å²) in [6, 6.07) is 0. The van der Waals surface area contributed by atoms with Gasteiger partial charge in [0.05, 0.1) is 5.69 Å². The summed E-state index contributed by atoms with van der Waals surface area (Å²) < 4.78 is 1.70. The Kier molecular flexibility index (Phi) is 1.21. The molecule has 2 N–H and O–H groups in total. The molecular formula is C7H7N3O2. The van der Waals surface area contributed by atoms with Gasteiger partial charge in [0.25, 0.3) is 0 Å². The molecule has 0 radical (unpaired) electrons. The van der Waals surface area contributed by atoms with Gasteiger partial charge in [-0.15, -0.1) is 0 Å². The summed E-state index contributed by atoms with van der Waals surface area (Å²) in [5.74, 6) is -0.400. The van der Waals surface area contributed by atoms with Gasteiger partial charge < -0.3 is 10.1 Å². The summed E-state index contributed by atoms with van der Waals surface area (Å²) in [6.45, 7) is 1.73. The lowest BCUT2D eigenvalue weighted by molar-refractivity contribution is 0.0690. The number of aryl methyl sites for hydroxylation is 1. The number of H-pyrrole nitrogens is 1. The Morgan fingerprint density at radius 2 is 2.50 bits per heavy atom. The number of carboxylic acids is 1. The summed E-state index contributed by atoms with van der Waals surface area (Å²) in [7, 11) is 0. The highest BCUT2D eigenvalue weighted by Crippen LogP contribution is 2.09. The topological polar surface area (TPSA) is 70.4 Å². The van der Waals surface area contributed by atoms with Gasteiger partial charge in [0, 0.05) is 12.4 Å². The van der Waals surface area contributed by atoms with E-state index in [1.165, 1.54) is 0 Å². The molecule has 0 saturated carbocycles. The maximum Gasteiger partial charge on any atom is 0.354 e. The zero-order valence-electron chi connectivity index (χ0n) is 6.40. The predicted molar refractivity (Wildman–Crippen MR) is 41.2 cm³/mol. The van der Waals surface area contributed by atoms with Crippen molar-refractivity contribution in [3.05, 3.63) is 23.8 Å². The van der Waals surface area contributed by atoms with Crippen molar-refractivity contribution in [2.75, 3.05) is 0 Å². The van der Waals surface area contributed by atoms with E-state index in [-0.39, 0.29) is 5.69 Å². The monoisotopic (exact) mass is 165 g/mol. The van der Waals surface area contributed by atoms with Gasteiger partial charge in [0.1, 0.15) is 5.69 Å². The zero-order chi connectivity index (χ0) is 8.72. The average Bonchev–Trinajstić information content (AvgIpc) is 2.53. The van der Waals surface area contributed by atoms with E-state index in [1.54, 1.807) is 23.7 Å². The van der Waals surface area contributed by atoms with E-state index in [0.29, 0.717) is 11.5 Å². The summed E-state index contributed by atoms with van der Waals surface area (Å²) >= 11 is 0. The van der Waals surface area contributed by atoms with Crippen LogP contribution in [0, 0.1) is 6.92 Å². The van der Waals surface area contributed by atoms with Crippen LogP contribution in [0.5, 0.6) is 0 Å². The van der Waals surface area contributed by atoms with Gasteiger partial charge in [-0.3, -0.25) is 4.40 Å². The van der Waals surface area contributed by atoms with Gasteiger partial charge in [-0.05, 0) is 6.92 Å². The van der Waals surface area contributed by atoms with Crippen molar-refractivity contribution in [2.45, 2.75) is 6.92 Å². The smallest absolute Gasteiger partial charge is 0.354 e. The molecule has 2 aromatic rings. The van der Waals surface area contributed by atoms with E-state index >= 15 is 0 Å². The average molecular weight is 165 g/mol. The largest absolute Gasteiger partial charge is 0.477 e. The standard InChI is InChI=1S/C7H7N3O2/c1-4-5(6(11)12)9-7-8-2-3-10(4)7/h2-3H,1H3,(H,8,9)(H,11,12). The molecule has 0 aliphatic heterocycles. The van der Waals surface area contributed by atoms with Gasteiger partial charge in [0.15, 0.2) is 0 Å².